The van der Waals surface area contributed by atoms with E-state index >= 15 is 0 Å². The third-order valence-corrected chi connectivity index (χ3v) is 3.95. The second-order valence-electron chi connectivity index (χ2n) is 5.71. The Morgan fingerprint density at radius 3 is 2.80 bits per heavy atom. The first-order valence-corrected chi connectivity index (χ1v) is 8.30. The summed E-state index contributed by atoms with van der Waals surface area (Å²) in [5, 5.41) is 13.9. The van der Waals surface area contributed by atoms with Crippen molar-refractivity contribution in [2.75, 3.05) is 69.3 Å². The minimum Gasteiger partial charge on any atom is -0.448 e. The molecule has 0 aliphatic carbocycles. The number of rotatable bonds is 7. The molecule has 0 unspecified atom stereocenters. The number of anilines is 2. The van der Waals surface area contributed by atoms with Gasteiger partial charge in [0.15, 0.2) is 5.82 Å². The largest absolute Gasteiger partial charge is 0.448 e. The molecule has 0 radical (unpaired) electrons. The van der Waals surface area contributed by atoms with Gasteiger partial charge >= 0.3 is 6.09 Å². The highest BCUT2D eigenvalue weighted by Crippen LogP contribution is 2.16. The van der Waals surface area contributed by atoms with Gasteiger partial charge in [0.25, 0.3) is 0 Å². The summed E-state index contributed by atoms with van der Waals surface area (Å²) in [6.45, 7) is 4.83. The number of carbonyl (C=O) groups excluding carboxylic acids is 2. The van der Waals surface area contributed by atoms with Crippen LogP contribution in [0, 0.1) is 0 Å². The summed E-state index contributed by atoms with van der Waals surface area (Å²) >= 11 is 0. The summed E-state index contributed by atoms with van der Waals surface area (Å²) in [7, 11) is 0. The van der Waals surface area contributed by atoms with E-state index in [-0.39, 0.29) is 12.5 Å². The standard InChI is InChI=1S/C15H22N6O4/c22-14(11-21-5-8-25-15(21)23)17-2-1-16-13-9-12(10-18-19-13)20-3-6-24-7-4-20/h9-10H,1-8,11H2,(H,16,19)(H,17,22). The van der Waals surface area contributed by atoms with Crippen molar-refractivity contribution in [3.63, 3.8) is 0 Å². The van der Waals surface area contributed by atoms with E-state index in [2.05, 4.69) is 25.7 Å². The second-order valence-corrected chi connectivity index (χ2v) is 5.71. The zero-order chi connectivity index (χ0) is 17.5. The fourth-order valence-corrected chi connectivity index (χ4v) is 2.63. The molecule has 1 aromatic rings. The maximum absolute atomic E-state index is 11.8. The van der Waals surface area contributed by atoms with Gasteiger partial charge in [-0.15, -0.1) is 5.10 Å². The minimum absolute atomic E-state index is 0.0190. The maximum atomic E-state index is 11.8. The molecule has 2 aliphatic rings. The number of nitrogens with zero attached hydrogens (tertiary/aromatic N) is 4. The highest BCUT2D eigenvalue weighted by Gasteiger charge is 2.23. The van der Waals surface area contributed by atoms with Crippen LogP contribution in [-0.2, 0) is 14.3 Å². The molecule has 2 fully saturated rings. The van der Waals surface area contributed by atoms with Gasteiger partial charge in [-0.3, -0.25) is 9.69 Å². The Hall–Kier alpha value is -2.62. The molecule has 2 saturated heterocycles. The minimum atomic E-state index is -0.441. The van der Waals surface area contributed by atoms with Gasteiger partial charge in [-0.2, -0.15) is 5.10 Å². The Balaban J connectivity index is 1.38. The Labute approximate surface area is 145 Å². The van der Waals surface area contributed by atoms with E-state index in [0.29, 0.717) is 45.3 Å². The molecule has 3 rings (SSSR count). The van der Waals surface area contributed by atoms with Gasteiger partial charge in [0.05, 0.1) is 31.6 Å². The molecule has 1 aromatic heterocycles. The van der Waals surface area contributed by atoms with Crippen LogP contribution in [0.25, 0.3) is 0 Å². The third kappa shape index (κ3) is 4.92. The van der Waals surface area contributed by atoms with E-state index in [1.54, 1.807) is 6.20 Å². The number of hydrogen-bond acceptors (Lipinski definition) is 8. The van der Waals surface area contributed by atoms with Crippen molar-refractivity contribution in [2.45, 2.75) is 0 Å². The van der Waals surface area contributed by atoms with Gasteiger partial charge in [0.1, 0.15) is 13.2 Å². The van der Waals surface area contributed by atoms with E-state index in [0.717, 1.165) is 18.8 Å². The molecule has 2 aliphatic heterocycles. The lowest BCUT2D eigenvalue weighted by Crippen LogP contribution is -2.39. The van der Waals surface area contributed by atoms with Crippen molar-refractivity contribution in [3.05, 3.63) is 12.3 Å². The van der Waals surface area contributed by atoms with Crippen LogP contribution in [0.4, 0.5) is 16.3 Å². The zero-order valence-corrected chi connectivity index (χ0v) is 13.9. The van der Waals surface area contributed by atoms with Crippen molar-refractivity contribution >= 4 is 23.5 Å². The Morgan fingerprint density at radius 2 is 2.04 bits per heavy atom. The first-order chi connectivity index (χ1) is 12.2. The van der Waals surface area contributed by atoms with Crippen LogP contribution in [-0.4, -0.2) is 86.2 Å². The molecule has 25 heavy (non-hydrogen) atoms. The topological polar surface area (TPSA) is 109 Å². The molecule has 0 spiro atoms. The number of ether oxygens (including phenoxy) is 2. The SMILES string of the molecule is O=C(CN1CCOC1=O)NCCNc1cc(N2CCOCC2)cnn1. The average Bonchev–Trinajstić information content (AvgIpc) is 3.04. The lowest BCUT2D eigenvalue weighted by Gasteiger charge is -2.28. The number of carbonyl (C=O) groups is 2. The van der Waals surface area contributed by atoms with Crippen LogP contribution in [0.5, 0.6) is 0 Å². The first kappa shape index (κ1) is 17.2. The summed E-state index contributed by atoms with van der Waals surface area (Å²) in [5.41, 5.74) is 0.998. The summed E-state index contributed by atoms with van der Waals surface area (Å²) in [6, 6.07) is 1.93. The predicted octanol–water partition coefficient (Wildman–Crippen LogP) is -0.706. The number of hydrogen-bond donors (Lipinski definition) is 2. The van der Waals surface area contributed by atoms with E-state index in [1.165, 1.54) is 4.90 Å². The van der Waals surface area contributed by atoms with Gasteiger partial charge in [0, 0.05) is 32.2 Å². The van der Waals surface area contributed by atoms with Crippen LogP contribution >= 0.6 is 0 Å². The molecule has 0 bridgehead atoms. The number of morpholine rings is 1. The maximum Gasteiger partial charge on any atom is 0.410 e. The lowest BCUT2D eigenvalue weighted by atomic mass is 10.3. The van der Waals surface area contributed by atoms with Gasteiger partial charge in [-0.25, -0.2) is 4.79 Å². The lowest BCUT2D eigenvalue weighted by molar-refractivity contribution is -0.121. The molecule has 10 heteroatoms. The van der Waals surface area contributed by atoms with Gasteiger partial charge in [-0.05, 0) is 0 Å². The van der Waals surface area contributed by atoms with Crippen molar-refractivity contribution in [3.8, 4) is 0 Å². The Kier molecular flexibility index (Phi) is 5.83. The van der Waals surface area contributed by atoms with E-state index in [4.69, 9.17) is 9.47 Å². The van der Waals surface area contributed by atoms with Gasteiger partial charge < -0.3 is 25.0 Å². The zero-order valence-electron chi connectivity index (χ0n) is 13.9. The fourth-order valence-electron chi connectivity index (χ4n) is 2.63. The monoisotopic (exact) mass is 350 g/mol. The average molecular weight is 350 g/mol. The molecule has 0 saturated carbocycles. The third-order valence-electron chi connectivity index (χ3n) is 3.95. The second kappa shape index (κ2) is 8.47. The smallest absolute Gasteiger partial charge is 0.410 e. The van der Waals surface area contributed by atoms with Crippen molar-refractivity contribution in [2.24, 2.45) is 0 Å². The molecule has 3 heterocycles. The van der Waals surface area contributed by atoms with Crippen LogP contribution in [0.2, 0.25) is 0 Å². The normalized spacial score (nSPS) is 17.4. The van der Waals surface area contributed by atoms with Crippen LogP contribution in [0.1, 0.15) is 0 Å². The Bertz CT molecular complexity index is 607. The Morgan fingerprint density at radius 1 is 1.20 bits per heavy atom. The van der Waals surface area contributed by atoms with Crippen LogP contribution in [0.15, 0.2) is 12.3 Å². The quantitative estimate of drug-likeness (QED) is 0.621. The van der Waals surface area contributed by atoms with Gasteiger partial charge in [0.2, 0.25) is 5.91 Å². The summed E-state index contributed by atoms with van der Waals surface area (Å²) in [5.74, 6) is 0.440. The van der Waals surface area contributed by atoms with E-state index < -0.39 is 6.09 Å². The van der Waals surface area contributed by atoms with Gasteiger partial charge in [-0.1, -0.05) is 0 Å². The summed E-state index contributed by atoms with van der Waals surface area (Å²) in [6.07, 6.45) is 1.29. The molecular formula is C15H22N6O4. The van der Waals surface area contributed by atoms with E-state index in [1.807, 2.05) is 6.07 Å². The molecular weight excluding hydrogens is 328 g/mol. The first-order valence-electron chi connectivity index (χ1n) is 8.30. The summed E-state index contributed by atoms with van der Waals surface area (Å²) < 4.78 is 10.1. The molecule has 2 amide bonds. The molecule has 0 aromatic carbocycles. The van der Waals surface area contributed by atoms with Crippen LogP contribution < -0.4 is 15.5 Å². The molecule has 0 atom stereocenters. The molecule has 2 N–H and O–H groups in total. The molecule has 136 valence electrons. The van der Waals surface area contributed by atoms with Crippen molar-refractivity contribution in [1.82, 2.24) is 20.4 Å². The van der Waals surface area contributed by atoms with Crippen molar-refractivity contribution < 1.29 is 19.1 Å². The highest BCUT2D eigenvalue weighted by molar-refractivity contribution is 5.82. The highest BCUT2D eigenvalue weighted by atomic mass is 16.6. The number of cyclic esters (lactones) is 1. The van der Waals surface area contributed by atoms with E-state index in [9.17, 15) is 9.59 Å². The summed E-state index contributed by atoms with van der Waals surface area (Å²) in [4.78, 5) is 26.6. The van der Waals surface area contributed by atoms with Crippen LogP contribution in [0.3, 0.4) is 0 Å². The number of nitrogens with one attached hydrogen (secondary N) is 2. The number of aromatic nitrogens is 2. The fraction of sp³-hybridized carbons (Fsp3) is 0.600. The molecule has 10 nitrogen and oxygen atoms in total. The predicted molar refractivity (Wildman–Crippen MR) is 89.5 cm³/mol. The van der Waals surface area contributed by atoms with Crippen molar-refractivity contribution in [1.29, 1.82) is 0 Å². The number of amides is 2.